The number of benzene rings is 2. The average Bonchev–Trinajstić information content (AvgIpc) is 2.41. The van der Waals surface area contributed by atoms with Gasteiger partial charge in [0.25, 0.3) is 0 Å². The largest absolute Gasteiger partial charge is 0.320 e. The van der Waals surface area contributed by atoms with Crippen LogP contribution in [-0.2, 0) is 6.42 Å². The van der Waals surface area contributed by atoms with Crippen LogP contribution in [0.4, 0.5) is 4.39 Å². The van der Waals surface area contributed by atoms with E-state index in [0.29, 0.717) is 0 Å². The molecule has 0 saturated carbocycles. The normalized spacial score (nSPS) is 12.4. The highest BCUT2D eigenvalue weighted by Crippen LogP contribution is 2.28. The lowest BCUT2D eigenvalue weighted by Gasteiger charge is -2.15. The van der Waals surface area contributed by atoms with Crippen molar-refractivity contribution in [1.82, 2.24) is 0 Å². The van der Waals surface area contributed by atoms with Gasteiger partial charge < -0.3 is 5.73 Å². The third-order valence-electron chi connectivity index (χ3n) is 3.01. The number of halogens is 2. The van der Waals surface area contributed by atoms with E-state index in [9.17, 15) is 4.39 Å². The molecule has 2 aromatic rings. The molecule has 1 atom stereocenters. The van der Waals surface area contributed by atoms with Crippen LogP contribution < -0.4 is 5.73 Å². The van der Waals surface area contributed by atoms with Crippen molar-refractivity contribution in [3.8, 4) is 0 Å². The molecule has 0 amide bonds. The van der Waals surface area contributed by atoms with Crippen molar-refractivity contribution in [3.05, 3.63) is 69.4 Å². The first-order valence-electron chi connectivity index (χ1n) is 5.91. The van der Waals surface area contributed by atoms with E-state index in [-0.39, 0.29) is 11.9 Å². The molecule has 0 aliphatic heterocycles. The van der Waals surface area contributed by atoms with Gasteiger partial charge in [-0.05, 0) is 41.3 Å². The molecule has 2 N–H and O–H groups in total. The van der Waals surface area contributed by atoms with Crippen LogP contribution >= 0.6 is 15.9 Å². The minimum Gasteiger partial charge on any atom is -0.320 e. The second kappa shape index (κ2) is 5.63. The summed E-state index contributed by atoms with van der Waals surface area (Å²) in [5.74, 6) is -0.268. The molecule has 2 rings (SSSR count). The van der Waals surface area contributed by atoms with Crippen LogP contribution in [0.3, 0.4) is 0 Å². The zero-order valence-electron chi connectivity index (χ0n) is 10.2. The smallest absolute Gasteiger partial charge is 0.123 e. The monoisotopic (exact) mass is 307 g/mol. The average molecular weight is 308 g/mol. The van der Waals surface area contributed by atoms with Gasteiger partial charge >= 0.3 is 0 Å². The van der Waals surface area contributed by atoms with Crippen molar-refractivity contribution in [2.24, 2.45) is 5.73 Å². The molecule has 94 valence electrons. The summed E-state index contributed by atoms with van der Waals surface area (Å²) in [7, 11) is 0. The van der Waals surface area contributed by atoms with E-state index >= 15 is 0 Å². The molecule has 2 aromatic carbocycles. The predicted molar refractivity (Wildman–Crippen MR) is 76.0 cm³/mol. The lowest BCUT2D eigenvalue weighted by atomic mass is 9.97. The van der Waals surface area contributed by atoms with E-state index in [1.165, 1.54) is 17.7 Å². The van der Waals surface area contributed by atoms with Crippen molar-refractivity contribution in [1.29, 1.82) is 0 Å². The predicted octanol–water partition coefficient (Wildman–Crippen LogP) is 4.20. The molecule has 3 heteroatoms. The number of nitrogens with two attached hydrogens (primary N) is 1. The van der Waals surface area contributed by atoms with E-state index in [1.54, 1.807) is 6.07 Å². The molecule has 1 unspecified atom stereocenters. The highest BCUT2D eigenvalue weighted by Gasteiger charge is 2.13. The van der Waals surface area contributed by atoms with Crippen LogP contribution in [-0.4, -0.2) is 0 Å². The van der Waals surface area contributed by atoms with E-state index in [2.05, 4.69) is 35.0 Å². The van der Waals surface area contributed by atoms with E-state index in [4.69, 9.17) is 5.73 Å². The van der Waals surface area contributed by atoms with Gasteiger partial charge in [-0.15, -0.1) is 0 Å². The van der Waals surface area contributed by atoms with Crippen molar-refractivity contribution in [2.75, 3.05) is 0 Å². The molecule has 0 saturated heterocycles. The Morgan fingerprint density at radius 1 is 1.22 bits per heavy atom. The molecular formula is C15H15BrFN. The fourth-order valence-corrected chi connectivity index (χ4v) is 2.43. The van der Waals surface area contributed by atoms with Crippen LogP contribution in [0, 0.1) is 5.82 Å². The third-order valence-corrected chi connectivity index (χ3v) is 3.73. The SMILES string of the molecule is CCc1cccc(C(N)c2cc(F)ccc2Br)c1. The summed E-state index contributed by atoms with van der Waals surface area (Å²) in [6.45, 7) is 2.10. The van der Waals surface area contributed by atoms with E-state index in [0.717, 1.165) is 22.0 Å². The third kappa shape index (κ3) is 2.79. The number of hydrogen-bond donors (Lipinski definition) is 1. The highest BCUT2D eigenvalue weighted by atomic mass is 79.9. The van der Waals surface area contributed by atoms with E-state index < -0.39 is 0 Å². The van der Waals surface area contributed by atoms with Gasteiger partial charge in [-0.2, -0.15) is 0 Å². The number of rotatable bonds is 3. The molecule has 0 fully saturated rings. The number of aryl methyl sites for hydroxylation is 1. The van der Waals surface area contributed by atoms with Gasteiger partial charge in [0, 0.05) is 4.47 Å². The van der Waals surface area contributed by atoms with Crippen molar-refractivity contribution in [2.45, 2.75) is 19.4 Å². The topological polar surface area (TPSA) is 26.0 Å². The minimum absolute atomic E-state index is 0.268. The van der Waals surface area contributed by atoms with Crippen molar-refractivity contribution >= 4 is 15.9 Å². The zero-order valence-corrected chi connectivity index (χ0v) is 11.7. The maximum absolute atomic E-state index is 13.3. The minimum atomic E-state index is -0.318. The molecular weight excluding hydrogens is 293 g/mol. The zero-order chi connectivity index (χ0) is 13.1. The van der Waals surface area contributed by atoms with Gasteiger partial charge in [0.1, 0.15) is 5.82 Å². The number of hydrogen-bond acceptors (Lipinski definition) is 1. The standard InChI is InChI=1S/C15H15BrFN/c1-2-10-4-3-5-11(8-10)15(18)13-9-12(17)6-7-14(13)16/h3-9,15H,2,18H2,1H3. The second-order valence-electron chi connectivity index (χ2n) is 4.24. The Hall–Kier alpha value is -1.19. The molecule has 0 spiro atoms. The van der Waals surface area contributed by atoms with Crippen LogP contribution in [0.25, 0.3) is 0 Å². The molecule has 0 aliphatic rings. The molecule has 0 bridgehead atoms. The fourth-order valence-electron chi connectivity index (χ4n) is 1.94. The molecule has 0 heterocycles. The molecule has 0 aromatic heterocycles. The van der Waals surface area contributed by atoms with Crippen molar-refractivity contribution < 1.29 is 4.39 Å². The first-order chi connectivity index (χ1) is 8.61. The summed E-state index contributed by atoms with van der Waals surface area (Å²) in [5, 5.41) is 0. The lowest BCUT2D eigenvalue weighted by Crippen LogP contribution is -2.13. The lowest BCUT2D eigenvalue weighted by molar-refractivity contribution is 0.623. The molecule has 0 radical (unpaired) electrons. The Kier molecular flexibility index (Phi) is 4.15. The van der Waals surface area contributed by atoms with Gasteiger partial charge in [-0.1, -0.05) is 47.1 Å². The Morgan fingerprint density at radius 3 is 2.72 bits per heavy atom. The van der Waals surface area contributed by atoms with Crippen LogP contribution in [0.1, 0.15) is 29.7 Å². The first kappa shape index (κ1) is 13.2. The van der Waals surface area contributed by atoms with Crippen LogP contribution in [0.2, 0.25) is 0 Å². The van der Waals surface area contributed by atoms with E-state index in [1.807, 2.05) is 12.1 Å². The van der Waals surface area contributed by atoms with Gasteiger partial charge in [-0.25, -0.2) is 4.39 Å². The summed E-state index contributed by atoms with van der Waals surface area (Å²) in [4.78, 5) is 0. The Morgan fingerprint density at radius 2 is 2.00 bits per heavy atom. The van der Waals surface area contributed by atoms with Gasteiger partial charge in [0.05, 0.1) is 6.04 Å². The summed E-state index contributed by atoms with van der Waals surface area (Å²) in [6, 6.07) is 12.4. The summed E-state index contributed by atoms with van der Waals surface area (Å²) < 4.78 is 14.1. The Bertz CT molecular complexity index is 554. The van der Waals surface area contributed by atoms with Gasteiger partial charge in [0.15, 0.2) is 0 Å². The highest BCUT2D eigenvalue weighted by molar-refractivity contribution is 9.10. The maximum Gasteiger partial charge on any atom is 0.123 e. The molecule has 0 aliphatic carbocycles. The maximum atomic E-state index is 13.3. The van der Waals surface area contributed by atoms with Gasteiger partial charge in [0.2, 0.25) is 0 Å². The van der Waals surface area contributed by atoms with Gasteiger partial charge in [-0.3, -0.25) is 0 Å². The Balaban J connectivity index is 2.40. The second-order valence-corrected chi connectivity index (χ2v) is 5.10. The van der Waals surface area contributed by atoms with Crippen molar-refractivity contribution in [3.63, 3.8) is 0 Å². The quantitative estimate of drug-likeness (QED) is 0.903. The molecule has 18 heavy (non-hydrogen) atoms. The summed E-state index contributed by atoms with van der Waals surface area (Å²) >= 11 is 3.42. The Labute approximate surface area is 115 Å². The van der Waals surface area contributed by atoms with Crippen LogP contribution in [0.15, 0.2) is 46.9 Å². The fraction of sp³-hybridized carbons (Fsp3) is 0.200. The molecule has 1 nitrogen and oxygen atoms in total. The van der Waals surface area contributed by atoms with Crippen LogP contribution in [0.5, 0.6) is 0 Å². The summed E-state index contributed by atoms with van der Waals surface area (Å²) in [5.41, 5.74) is 9.21. The summed E-state index contributed by atoms with van der Waals surface area (Å²) in [6.07, 6.45) is 0.963. The first-order valence-corrected chi connectivity index (χ1v) is 6.70.